The molecular weight excluding hydrogens is 739 g/mol. The number of benzene rings is 9. The molecule has 4 heteroatoms. The molecule has 0 aliphatic carbocycles. The first-order chi connectivity index (χ1) is 28.7. The molecule has 9 aromatic carbocycles. The lowest BCUT2D eigenvalue weighted by Gasteiger charge is -2.30. The maximum Gasteiger partial charge on any atom is 0.199 e. The number of nitrogens with one attached hydrogen (secondary N) is 2. The summed E-state index contributed by atoms with van der Waals surface area (Å²) in [6.45, 7) is 0. The molecule has 58 heavy (non-hydrogen) atoms. The van der Waals surface area contributed by atoms with Crippen LogP contribution in [0.25, 0.3) is 22.3 Å². The second-order valence-corrected chi connectivity index (χ2v) is 20.5. The van der Waals surface area contributed by atoms with Crippen LogP contribution in [0.5, 0.6) is 0 Å². The Labute approximate surface area is 343 Å². The lowest BCUT2D eigenvalue weighted by Crippen LogP contribution is -2.36. The molecule has 0 fully saturated rings. The molecular formula is C54H44N2P2+2. The molecule has 0 aromatic heterocycles. The summed E-state index contributed by atoms with van der Waals surface area (Å²) in [6, 6.07) is 92.5. The lowest BCUT2D eigenvalue weighted by atomic mass is 10.00. The molecule has 0 unspecified atom stereocenters. The van der Waals surface area contributed by atoms with Crippen molar-refractivity contribution in [3.63, 3.8) is 0 Å². The fourth-order valence-electron chi connectivity index (χ4n) is 7.99. The van der Waals surface area contributed by atoms with Gasteiger partial charge in [-0.15, -0.1) is 0 Å². The SMILES string of the molecule is c1ccc(-c2ccc(-c3cc(N[P+](c4ccccc4)(c4ccccc4)c4ccccc4)cc(N[P+](c4ccccc4)(c4ccccc4)c4ccccc4)c3)cc2)cc1. The van der Waals surface area contributed by atoms with Crippen molar-refractivity contribution >= 4 is 58.0 Å². The van der Waals surface area contributed by atoms with Gasteiger partial charge in [-0.3, -0.25) is 0 Å². The standard InChI is InChI=1S/C54H44N2P2/c1-8-22-43(23-9-1)44-36-38-45(39-37-44)46-40-47(55-57(49-24-10-2-11-25-49,50-26-12-3-13-27-50)51-28-14-4-15-29-51)42-48(41-46)56-58(52-30-16-5-17-31-52,53-32-18-6-19-33-53)54-34-20-7-21-35-54/h1-42,55-56H/q+2. The van der Waals surface area contributed by atoms with Crippen molar-refractivity contribution in [3.8, 4) is 22.3 Å². The first-order valence-corrected chi connectivity index (χ1v) is 23.3. The normalized spacial score (nSPS) is 11.4. The molecule has 0 heterocycles. The van der Waals surface area contributed by atoms with Crippen molar-refractivity contribution in [1.82, 2.24) is 0 Å². The van der Waals surface area contributed by atoms with E-state index in [1.54, 1.807) is 0 Å². The van der Waals surface area contributed by atoms with Gasteiger partial charge in [0, 0.05) is 0 Å². The van der Waals surface area contributed by atoms with Crippen molar-refractivity contribution in [2.75, 3.05) is 10.2 Å². The summed E-state index contributed by atoms with van der Waals surface area (Å²) >= 11 is 0. The van der Waals surface area contributed by atoms with Crippen LogP contribution in [-0.2, 0) is 0 Å². The second-order valence-electron chi connectivity index (χ2n) is 14.3. The minimum Gasteiger partial charge on any atom is -0.247 e. The van der Waals surface area contributed by atoms with Gasteiger partial charge in [0.25, 0.3) is 0 Å². The smallest absolute Gasteiger partial charge is 0.199 e. The summed E-state index contributed by atoms with van der Waals surface area (Å²) in [5, 5.41) is 16.2. The molecule has 0 saturated carbocycles. The third kappa shape index (κ3) is 7.37. The highest BCUT2D eigenvalue weighted by molar-refractivity contribution is 7.97. The molecule has 0 bridgehead atoms. The van der Waals surface area contributed by atoms with E-state index in [1.165, 1.54) is 43.0 Å². The highest BCUT2D eigenvalue weighted by Gasteiger charge is 2.48. The van der Waals surface area contributed by atoms with Crippen LogP contribution in [-0.4, -0.2) is 0 Å². The van der Waals surface area contributed by atoms with Gasteiger partial charge in [0.05, 0.1) is 11.4 Å². The molecule has 0 spiro atoms. The van der Waals surface area contributed by atoms with E-state index in [1.807, 2.05) is 0 Å². The van der Waals surface area contributed by atoms with E-state index in [2.05, 4.69) is 265 Å². The van der Waals surface area contributed by atoms with Crippen LogP contribution in [0.1, 0.15) is 0 Å². The molecule has 2 nitrogen and oxygen atoms in total. The Morgan fingerprint density at radius 2 is 0.431 bits per heavy atom. The molecule has 9 aromatic rings. The van der Waals surface area contributed by atoms with E-state index in [0.717, 1.165) is 22.5 Å². The maximum atomic E-state index is 4.32. The zero-order valence-electron chi connectivity index (χ0n) is 32.1. The van der Waals surface area contributed by atoms with Gasteiger partial charge in [-0.1, -0.05) is 164 Å². The van der Waals surface area contributed by atoms with Crippen molar-refractivity contribution in [3.05, 3.63) is 255 Å². The molecule has 9 rings (SSSR count). The monoisotopic (exact) mass is 782 g/mol. The van der Waals surface area contributed by atoms with Crippen molar-refractivity contribution in [2.45, 2.75) is 0 Å². The van der Waals surface area contributed by atoms with Gasteiger partial charge in [0.1, 0.15) is 31.8 Å². The number of anilines is 2. The number of hydrogen-bond donors (Lipinski definition) is 2. The first kappa shape index (κ1) is 37.0. The van der Waals surface area contributed by atoms with E-state index in [0.29, 0.717) is 0 Å². The van der Waals surface area contributed by atoms with Crippen molar-refractivity contribution in [2.24, 2.45) is 0 Å². The molecule has 0 aliphatic heterocycles. The molecule has 0 amide bonds. The first-order valence-electron chi connectivity index (χ1n) is 19.7. The Morgan fingerprint density at radius 1 is 0.207 bits per heavy atom. The largest absolute Gasteiger partial charge is 0.247 e. The van der Waals surface area contributed by atoms with E-state index < -0.39 is 14.8 Å². The highest BCUT2D eigenvalue weighted by atomic mass is 31.2. The summed E-state index contributed by atoms with van der Waals surface area (Å²) in [6.07, 6.45) is 0. The maximum absolute atomic E-state index is 4.32. The Hall–Kier alpha value is -6.56. The van der Waals surface area contributed by atoms with Gasteiger partial charge < -0.3 is 0 Å². The molecule has 2 N–H and O–H groups in total. The number of hydrogen-bond acceptors (Lipinski definition) is 2. The average Bonchev–Trinajstić information content (AvgIpc) is 3.32. The quantitative estimate of drug-likeness (QED) is 0.121. The minimum atomic E-state index is -2.45. The van der Waals surface area contributed by atoms with Crippen molar-refractivity contribution in [1.29, 1.82) is 0 Å². The Morgan fingerprint density at radius 3 is 0.707 bits per heavy atom. The van der Waals surface area contributed by atoms with Gasteiger partial charge in [-0.05, 0) is 113 Å². The van der Waals surface area contributed by atoms with Crippen molar-refractivity contribution < 1.29 is 0 Å². The van der Waals surface area contributed by atoms with Gasteiger partial charge in [-0.2, -0.15) is 0 Å². The summed E-state index contributed by atoms with van der Waals surface area (Å²) in [7, 11) is -4.90. The molecule has 0 saturated heterocycles. The van der Waals surface area contributed by atoms with Gasteiger partial charge in [-0.25, -0.2) is 10.2 Å². The highest BCUT2D eigenvalue weighted by Crippen LogP contribution is 2.58. The molecule has 0 aliphatic rings. The predicted molar refractivity (Wildman–Crippen MR) is 255 cm³/mol. The third-order valence-electron chi connectivity index (χ3n) is 10.7. The molecule has 0 radical (unpaired) electrons. The summed E-state index contributed by atoms with van der Waals surface area (Å²) < 4.78 is 0. The fraction of sp³-hybridized carbons (Fsp3) is 0. The van der Waals surface area contributed by atoms with Crippen LogP contribution in [0.3, 0.4) is 0 Å². The van der Waals surface area contributed by atoms with E-state index in [4.69, 9.17) is 0 Å². The second kappa shape index (κ2) is 16.9. The van der Waals surface area contributed by atoms with Crippen LogP contribution in [0.2, 0.25) is 0 Å². The van der Waals surface area contributed by atoms with E-state index >= 15 is 0 Å². The number of rotatable bonds is 12. The zero-order valence-corrected chi connectivity index (χ0v) is 33.9. The van der Waals surface area contributed by atoms with E-state index in [-0.39, 0.29) is 0 Å². The third-order valence-corrected chi connectivity index (χ3v) is 18.3. The van der Waals surface area contributed by atoms with Gasteiger partial charge >= 0.3 is 0 Å². The molecule has 0 atom stereocenters. The van der Waals surface area contributed by atoms with Crippen LogP contribution in [0.15, 0.2) is 255 Å². The topological polar surface area (TPSA) is 24.1 Å². The minimum absolute atomic E-state index is 1.05. The average molecular weight is 783 g/mol. The Bertz CT molecular complexity index is 2340. The van der Waals surface area contributed by atoms with E-state index in [9.17, 15) is 0 Å². The van der Waals surface area contributed by atoms with Crippen LogP contribution in [0, 0.1) is 0 Å². The van der Waals surface area contributed by atoms with Crippen LogP contribution >= 0.6 is 14.8 Å². The van der Waals surface area contributed by atoms with Crippen LogP contribution < -0.4 is 42.0 Å². The lowest BCUT2D eigenvalue weighted by molar-refractivity contribution is 1.57. The predicted octanol–water partition coefficient (Wildman–Crippen LogP) is 11.7. The van der Waals surface area contributed by atoms with Crippen LogP contribution in [0.4, 0.5) is 11.4 Å². The zero-order chi connectivity index (χ0) is 39.0. The molecule has 278 valence electrons. The Kier molecular flexibility index (Phi) is 10.8. The summed E-state index contributed by atoms with van der Waals surface area (Å²) in [5.41, 5.74) is 6.78. The summed E-state index contributed by atoms with van der Waals surface area (Å²) in [4.78, 5) is 0. The van der Waals surface area contributed by atoms with Gasteiger partial charge in [0.2, 0.25) is 0 Å². The Balaban J connectivity index is 1.28. The fourth-order valence-corrected chi connectivity index (χ4v) is 15.3. The van der Waals surface area contributed by atoms with Gasteiger partial charge in [0.15, 0.2) is 14.8 Å². The summed E-state index contributed by atoms with van der Waals surface area (Å²) in [5.74, 6) is 0.